The van der Waals surface area contributed by atoms with Crippen LogP contribution in [0.2, 0.25) is 0 Å². The Labute approximate surface area is 90.2 Å². The summed E-state index contributed by atoms with van der Waals surface area (Å²) in [6, 6.07) is 0.330. The van der Waals surface area contributed by atoms with E-state index in [4.69, 9.17) is 0 Å². The predicted octanol–water partition coefficient (Wildman–Crippen LogP) is 1.72. The van der Waals surface area contributed by atoms with Crippen LogP contribution in [0, 0.1) is 0 Å². The molecular formula is C11H17N3O. The Balaban J connectivity index is 2.75. The van der Waals surface area contributed by atoms with E-state index in [1.54, 1.807) is 18.7 Å². The second-order valence-corrected chi connectivity index (χ2v) is 3.94. The van der Waals surface area contributed by atoms with Gasteiger partial charge in [-0.3, -0.25) is 4.79 Å². The minimum atomic E-state index is -0.0666. The summed E-state index contributed by atoms with van der Waals surface area (Å²) >= 11 is 0. The molecule has 0 bridgehead atoms. The Morgan fingerprint density at radius 3 is 2.67 bits per heavy atom. The van der Waals surface area contributed by atoms with Crippen LogP contribution in [0.1, 0.15) is 30.4 Å². The highest BCUT2D eigenvalue weighted by molar-refractivity contribution is 6.02. The maximum absolute atomic E-state index is 11.6. The molecule has 0 fully saturated rings. The molecule has 0 amide bonds. The van der Waals surface area contributed by atoms with Crippen molar-refractivity contribution in [1.29, 1.82) is 0 Å². The van der Waals surface area contributed by atoms with Gasteiger partial charge in [0, 0.05) is 38.6 Å². The normalized spacial score (nSPS) is 11.3. The van der Waals surface area contributed by atoms with Gasteiger partial charge in [-0.25, -0.2) is 4.98 Å². The van der Waals surface area contributed by atoms with Crippen LogP contribution >= 0.6 is 0 Å². The van der Waals surface area contributed by atoms with E-state index in [1.807, 2.05) is 37.4 Å². The Bertz CT molecular complexity index is 364. The monoisotopic (exact) mass is 207 g/mol. The number of carbonyl (C=O) groups is 1. The number of allylic oxidation sites excluding steroid dienone is 1. The quantitative estimate of drug-likeness (QED) is 0.557. The van der Waals surface area contributed by atoms with Gasteiger partial charge in [0.25, 0.3) is 0 Å². The van der Waals surface area contributed by atoms with E-state index >= 15 is 0 Å². The van der Waals surface area contributed by atoms with E-state index in [0.29, 0.717) is 11.7 Å². The van der Waals surface area contributed by atoms with Crippen molar-refractivity contribution in [3.05, 3.63) is 30.5 Å². The van der Waals surface area contributed by atoms with E-state index in [1.165, 1.54) is 6.08 Å². The van der Waals surface area contributed by atoms with Gasteiger partial charge in [0.2, 0.25) is 5.78 Å². The summed E-state index contributed by atoms with van der Waals surface area (Å²) in [7, 11) is 3.74. The molecule has 0 saturated carbocycles. The van der Waals surface area contributed by atoms with Crippen LogP contribution < -0.4 is 0 Å². The third kappa shape index (κ3) is 3.23. The smallest absolute Gasteiger partial charge is 0.207 e. The van der Waals surface area contributed by atoms with Crippen molar-refractivity contribution in [1.82, 2.24) is 14.5 Å². The first-order chi connectivity index (χ1) is 7.00. The fourth-order valence-corrected chi connectivity index (χ4v) is 1.05. The Hall–Kier alpha value is -1.58. The number of imidazole rings is 1. The van der Waals surface area contributed by atoms with E-state index in [0.717, 1.165) is 0 Å². The van der Waals surface area contributed by atoms with Gasteiger partial charge in [-0.2, -0.15) is 0 Å². The molecule has 4 nitrogen and oxygen atoms in total. The number of rotatable bonds is 4. The SMILES string of the molecule is CC(C)n1cnc(C(=O)C=CN(C)C)c1. The van der Waals surface area contributed by atoms with Gasteiger partial charge >= 0.3 is 0 Å². The first kappa shape index (κ1) is 11.5. The maximum Gasteiger partial charge on any atom is 0.207 e. The number of carbonyl (C=O) groups excluding carboxylic acids is 1. The van der Waals surface area contributed by atoms with Crippen LogP contribution in [0.15, 0.2) is 24.8 Å². The average molecular weight is 207 g/mol. The molecule has 0 atom stereocenters. The summed E-state index contributed by atoms with van der Waals surface area (Å²) in [6.07, 6.45) is 6.69. The van der Waals surface area contributed by atoms with E-state index < -0.39 is 0 Å². The zero-order valence-corrected chi connectivity index (χ0v) is 9.64. The molecule has 0 aliphatic heterocycles. The van der Waals surface area contributed by atoms with Crippen molar-refractivity contribution in [3.8, 4) is 0 Å². The van der Waals surface area contributed by atoms with Crippen molar-refractivity contribution < 1.29 is 4.79 Å². The Kier molecular flexibility index (Phi) is 3.66. The molecule has 0 aliphatic rings. The van der Waals surface area contributed by atoms with Crippen LogP contribution in [0.3, 0.4) is 0 Å². The van der Waals surface area contributed by atoms with Gasteiger partial charge < -0.3 is 9.47 Å². The lowest BCUT2D eigenvalue weighted by Gasteiger charge is -2.03. The van der Waals surface area contributed by atoms with Gasteiger partial charge in [-0.15, -0.1) is 0 Å². The zero-order valence-electron chi connectivity index (χ0n) is 9.64. The van der Waals surface area contributed by atoms with Crippen LogP contribution in [0.5, 0.6) is 0 Å². The molecule has 0 aromatic carbocycles. The second kappa shape index (κ2) is 4.77. The van der Waals surface area contributed by atoms with Gasteiger partial charge in [0.05, 0.1) is 6.33 Å². The van der Waals surface area contributed by atoms with Gasteiger partial charge in [-0.1, -0.05) is 0 Å². The third-order valence-electron chi connectivity index (χ3n) is 1.97. The molecule has 0 spiro atoms. The lowest BCUT2D eigenvalue weighted by Crippen LogP contribution is -2.03. The standard InChI is InChI=1S/C11H17N3O/c1-9(2)14-7-10(12-8-14)11(15)5-6-13(3)4/h5-9H,1-4H3. The summed E-state index contributed by atoms with van der Waals surface area (Å²) in [5.41, 5.74) is 0.488. The molecular weight excluding hydrogens is 190 g/mol. The van der Waals surface area contributed by atoms with Crippen LogP contribution in [-0.2, 0) is 0 Å². The van der Waals surface area contributed by atoms with Crippen molar-refractivity contribution in [2.75, 3.05) is 14.1 Å². The van der Waals surface area contributed by atoms with Crippen molar-refractivity contribution >= 4 is 5.78 Å². The number of ketones is 1. The largest absolute Gasteiger partial charge is 0.383 e. The molecule has 15 heavy (non-hydrogen) atoms. The van der Waals surface area contributed by atoms with Crippen LogP contribution in [0.25, 0.3) is 0 Å². The van der Waals surface area contributed by atoms with Crippen molar-refractivity contribution in [3.63, 3.8) is 0 Å². The predicted molar refractivity (Wildman–Crippen MR) is 59.8 cm³/mol. The topological polar surface area (TPSA) is 38.1 Å². The van der Waals surface area contributed by atoms with Crippen LogP contribution in [-0.4, -0.2) is 34.3 Å². The highest BCUT2D eigenvalue weighted by Crippen LogP contribution is 2.06. The lowest BCUT2D eigenvalue weighted by molar-refractivity contribution is 0.104. The van der Waals surface area contributed by atoms with Crippen LogP contribution in [0.4, 0.5) is 0 Å². The van der Waals surface area contributed by atoms with Gasteiger partial charge in [0.1, 0.15) is 5.69 Å². The molecule has 0 radical (unpaired) electrons. The molecule has 1 rings (SSSR count). The van der Waals surface area contributed by atoms with Gasteiger partial charge in [-0.05, 0) is 13.8 Å². The van der Waals surface area contributed by atoms with Crippen molar-refractivity contribution in [2.24, 2.45) is 0 Å². The minimum Gasteiger partial charge on any atom is -0.383 e. The summed E-state index contributed by atoms with van der Waals surface area (Å²) in [5, 5.41) is 0. The number of hydrogen-bond donors (Lipinski definition) is 0. The minimum absolute atomic E-state index is 0.0666. The maximum atomic E-state index is 11.6. The number of nitrogens with zero attached hydrogens (tertiary/aromatic N) is 3. The fraction of sp³-hybridized carbons (Fsp3) is 0.455. The van der Waals surface area contributed by atoms with Crippen molar-refractivity contribution in [2.45, 2.75) is 19.9 Å². The first-order valence-electron chi connectivity index (χ1n) is 4.93. The summed E-state index contributed by atoms with van der Waals surface area (Å²) in [4.78, 5) is 17.5. The first-order valence-corrected chi connectivity index (χ1v) is 4.93. The van der Waals surface area contributed by atoms with E-state index in [-0.39, 0.29) is 5.78 Å². The summed E-state index contributed by atoms with van der Waals surface area (Å²) < 4.78 is 1.91. The van der Waals surface area contributed by atoms with E-state index in [9.17, 15) is 4.79 Å². The highest BCUT2D eigenvalue weighted by Gasteiger charge is 2.07. The zero-order chi connectivity index (χ0) is 11.4. The molecule has 4 heteroatoms. The Morgan fingerprint density at radius 2 is 2.20 bits per heavy atom. The molecule has 1 heterocycles. The fourth-order valence-electron chi connectivity index (χ4n) is 1.05. The summed E-state index contributed by atoms with van der Waals surface area (Å²) in [6.45, 7) is 4.09. The average Bonchev–Trinajstić information content (AvgIpc) is 2.62. The molecule has 0 aliphatic carbocycles. The second-order valence-electron chi connectivity index (χ2n) is 3.94. The highest BCUT2D eigenvalue weighted by atomic mass is 16.1. The molecule has 82 valence electrons. The van der Waals surface area contributed by atoms with E-state index in [2.05, 4.69) is 4.98 Å². The molecule has 0 saturated heterocycles. The Morgan fingerprint density at radius 1 is 1.53 bits per heavy atom. The van der Waals surface area contributed by atoms with Gasteiger partial charge in [0.15, 0.2) is 0 Å². The molecule has 0 unspecified atom stereocenters. The lowest BCUT2D eigenvalue weighted by atomic mass is 10.3. The summed E-state index contributed by atoms with van der Waals surface area (Å²) in [5.74, 6) is -0.0666. The third-order valence-corrected chi connectivity index (χ3v) is 1.97. The number of aromatic nitrogens is 2. The molecule has 0 N–H and O–H groups in total. The molecule has 1 aromatic heterocycles. The number of hydrogen-bond acceptors (Lipinski definition) is 3. The molecule has 1 aromatic rings.